The van der Waals surface area contributed by atoms with E-state index < -0.39 is 0 Å². The number of carbonyl (C=O) groups is 1. The van der Waals surface area contributed by atoms with Crippen LogP contribution >= 0.6 is 0 Å². The van der Waals surface area contributed by atoms with Gasteiger partial charge in [-0.3, -0.25) is 4.79 Å². The van der Waals surface area contributed by atoms with Gasteiger partial charge in [0.05, 0.1) is 11.4 Å². The number of amides is 1. The van der Waals surface area contributed by atoms with E-state index >= 15 is 0 Å². The normalized spacial score (nSPS) is 24.3. The summed E-state index contributed by atoms with van der Waals surface area (Å²) >= 11 is 0. The summed E-state index contributed by atoms with van der Waals surface area (Å²) in [5, 5.41) is 2.96. The van der Waals surface area contributed by atoms with Crippen LogP contribution in [0.2, 0.25) is 0 Å². The Morgan fingerprint density at radius 2 is 1.50 bits per heavy atom. The molecule has 0 radical (unpaired) electrons. The molecule has 4 aromatic carbocycles. The van der Waals surface area contributed by atoms with E-state index in [-0.39, 0.29) is 11.3 Å². The average Bonchev–Trinajstić information content (AvgIpc) is 3.02. The standard InChI is InChI=1S/C30H32N2O2.C7H6O/c31-26-8-4-5-9-27(26)32-29(33)24-10-11-25(28(15-24)34-19-20-6-2-1-3-7-20)30-16-21-12-22(17-30)14-23(13-21)18-30;1-3-7-4-2-6(1)5-8-7/h1-11,15,21-23H,12-14,16-19,31H2,(H,32,33);1-4H,5H2. The van der Waals surface area contributed by atoms with E-state index in [1.807, 2.05) is 60.7 Å². The fraction of sp³-hybridized carbons (Fsp3) is 0.324. The topological polar surface area (TPSA) is 73.6 Å². The summed E-state index contributed by atoms with van der Waals surface area (Å²) in [6.07, 6.45) is 7.97. The van der Waals surface area contributed by atoms with Crippen molar-refractivity contribution in [2.24, 2.45) is 17.8 Å². The van der Waals surface area contributed by atoms with Gasteiger partial charge in [0, 0.05) is 11.1 Å². The molecule has 5 nitrogen and oxygen atoms in total. The lowest BCUT2D eigenvalue weighted by Crippen LogP contribution is -2.48. The molecule has 6 aliphatic rings. The number of nitrogen functional groups attached to an aromatic ring is 1. The first kappa shape index (κ1) is 26.6. The van der Waals surface area contributed by atoms with E-state index in [4.69, 9.17) is 15.2 Å². The highest BCUT2D eigenvalue weighted by molar-refractivity contribution is 6.06. The highest BCUT2D eigenvalue weighted by atomic mass is 16.5. The molecule has 4 aromatic rings. The molecule has 4 fully saturated rings. The summed E-state index contributed by atoms with van der Waals surface area (Å²) in [6, 6.07) is 31.8. The molecule has 0 spiro atoms. The van der Waals surface area contributed by atoms with Crippen LogP contribution in [-0.2, 0) is 18.6 Å². The Morgan fingerprint density at radius 3 is 2.07 bits per heavy atom. The Hall–Kier alpha value is -4.25. The van der Waals surface area contributed by atoms with Crippen molar-refractivity contribution in [3.8, 4) is 11.5 Å². The van der Waals surface area contributed by atoms with Crippen LogP contribution in [0.4, 0.5) is 11.4 Å². The van der Waals surface area contributed by atoms with Gasteiger partial charge in [-0.15, -0.1) is 0 Å². The van der Waals surface area contributed by atoms with E-state index in [1.165, 1.54) is 49.7 Å². The molecule has 1 amide bonds. The largest absolute Gasteiger partial charge is 0.489 e. The van der Waals surface area contributed by atoms with Crippen molar-refractivity contribution in [2.45, 2.75) is 57.2 Å². The number of ether oxygens (including phenoxy) is 2. The highest BCUT2D eigenvalue weighted by Crippen LogP contribution is 2.62. The van der Waals surface area contributed by atoms with Crippen LogP contribution in [-0.4, -0.2) is 5.91 Å². The van der Waals surface area contributed by atoms with Gasteiger partial charge in [0.1, 0.15) is 24.7 Å². The van der Waals surface area contributed by atoms with E-state index in [1.54, 1.807) is 6.07 Å². The fourth-order valence-electron chi connectivity index (χ4n) is 8.05. The predicted octanol–water partition coefficient (Wildman–Crippen LogP) is 8.15. The first-order valence-corrected chi connectivity index (χ1v) is 15.2. The lowest BCUT2D eigenvalue weighted by molar-refractivity contribution is -0.00648. The summed E-state index contributed by atoms with van der Waals surface area (Å²) in [6.45, 7) is 1.26. The predicted molar refractivity (Wildman–Crippen MR) is 167 cm³/mol. The highest BCUT2D eigenvalue weighted by Gasteiger charge is 2.52. The van der Waals surface area contributed by atoms with Crippen LogP contribution < -0.4 is 20.5 Å². The van der Waals surface area contributed by atoms with Crippen molar-refractivity contribution in [3.63, 3.8) is 0 Å². The number of hydrogen-bond acceptors (Lipinski definition) is 4. The maximum atomic E-state index is 13.1. The number of hydrogen-bond donors (Lipinski definition) is 2. The molecule has 5 heteroatoms. The number of rotatable bonds is 6. The third-order valence-corrected chi connectivity index (χ3v) is 9.63. The van der Waals surface area contributed by atoms with Gasteiger partial charge in [0.2, 0.25) is 0 Å². The van der Waals surface area contributed by atoms with Crippen molar-refractivity contribution in [3.05, 3.63) is 119 Å². The Labute approximate surface area is 248 Å². The zero-order valence-electron chi connectivity index (χ0n) is 23.9. The zero-order chi connectivity index (χ0) is 28.5. The summed E-state index contributed by atoms with van der Waals surface area (Å²) in [5.41, 5.74) is 11.7. The minimum Gasteiger partial charge on any atom is -0.489 e. The van der Waals surface area contributed by atoms with Crippen LogP contribution in [0, 0.1) is 17.8 Å². The van der Waals surface area contributed by atoms with Crippen molar-refractivity contribution in [1.29, 1.82) is 0 Å². The molecule has 2 aliphatic heterocycles. The Bertz CT molecular complexity index is 1510. The van der Waals surface area contributed by atoms with E-state index in [2.05, 4.69) is 35.6 Å². The minimum atomic E-state index is -0.167. The first-order chi connectivity index (χ1) is 20.5. The SMILES string of the molecule is Nc1ccccc1NC(=O)c1ccc(C23CC4CC(CC(C4)C2)C3)c(OCc2ccccc2)c1.c1cc2ccc1CO2. The van der Waals surface area contributed by atoms with Gasteiger partial charge >= 0.3 is 0 Å². The fourth-order valence-corrected chi connectivity index (χ4v) is 8.05. The monoisotopic (exact) mass is 558 g/mol. The lowest BCUT2D eigenvalue weighted by Gasteiger charge is -2.57. The summed E-state index contributed by atoms with van der Waals surface area (Å²) in [7, 11) is 0. The first-order valence-electron chi connectivity index (χ1n) is 15.2. The van der Waals surface area contributed by atoms with Gasteiger partial charge in [-0.1, -0.05) is 60.7 Å². The second kappa shape index (κ2) is 11.2. The van der Waals surface area contributed by atoms with Crippen molar-refractivity contribution >= 4 is 17.3 Å². The van der Waals surface area contributed by atoms with Crippen LogP contribution in [0.3, 0.4) is 0 Å². The number of nitrogens with two attached hydrogens (primary N) is 1. The molecule has 3 N–H and O–H groups in total. The third-order valence-electron chi connectivity index (χ3n) is 9.63. The van der Waals surface area contributed by atoms with Crippen LogP contribution in [0.15, 0.2) is 97.1 Å². The summed E-state index contributed by atoms with van der Waals surface area (Å²) in [4.78, 5) is 13.1. The summed E-state index contributed by atoms with van der Waals surface area (Å²) < 4.78 is 11.7. The molecule has 0 unspecified atom stereocenters. The van der Waals surface area contributed by atoms with Gasteiger partial charge in [0.25, 0.3) is 5.91 Å². The molecule has 0 saturated heterocycles. The molecule has 214 valence electrons. The Balaban J connectivity index is 0.000000308. The second-order valence-corrected chi connectivity index (χ2v) is 12.7. The number of carbonyl (C=O) groups excluding carboxylic acids is 1. The Kier molecular flexibility index (Phi) is 7.10. The molecular weight excluding hydrogens is 520 g/mol. The number of nitrogens with one attached hydrogen (secondary N) is 1. The molecule has 4 saturated carbocycles. The van der Waals surface area contributed by atoms with Crippen molar-refractivity contribution in [1.82, 2.24) is 0 Å². The maximum Gasteiger partial charge on any atom is 0.255 e. The molecule has 6 bridgehead atoms. The van der Waals surface area contributed by atoms with Gasteiger partial charge < -0.3 is 20.5 Å². The molecule has 10 rings (SSSR count). The van der Waals surface area contributed by atoms with E-state index in [9.17, 15) is 4.79 Å². The van der Waals surface area contributed by atoms with E-state index in [0.717, 1.165) is 41.4 Å². The number of para-hydroxylation sites is 2. The van der Waals surface area contributed by atoms with E-state index in [0.29, 0.717) is 23.5 Å². The number of benzene rings is 4. The zero-order valence-corrected chi connectivity index (χ0v) is 23.9. The third kappa shape index (κ3) is 5.48. The Morgan fingerprint density at radius 1 is 0.833 bits per heavy atom. The molecule has 0 aromatic heterocycles. The maximum absolute atomic E-state index is 13.1. The average molecular weight is 559 g/mol. The molecule has 42 heavy (non-hydrogen) atoms. The van der Waals surface area contributed by atoms with Gasteiger partial charge in [-0.25, -0.2) is 0 Å². The van der Waals surface area contributed by atoms with Crippen LogP contribution in [0.5, 0.6) is 11.5 Å². The molecule has 0 atom stereocenters. The van der Waals surface area contributed by atoms with Gasteiger partial charge in [-0.2, -0.15) is 0 Å². The number of anilines is 2. The van der Waals surface area contributed by atoms with Gasteiger partial charge in [-0.05, 0) is 109 Å². The van der Waals surface area contributed by atoms with Crippen molar-refractivity contribution < 1.29 is 14.3 Å². The smallest absolute Gasteiger partial charge is 0.255 e. The second-order valence-electron chi connectivity index (χ2n) is 12.7. The lowest BCUT2D eigenvalue weighted by atomic mass is 9.48. The molecule has 4 aliphatic carbocycles. The number of fused-ring (bicyclic) bond motifs is 3. The van der Waals surface area contributed by atoms with Crippen LogP contribution in [0.25, 0.3) is 0 Å². The van der Waals surface area contributed by atoms with Crippen LogP contribution in [0.1, 0.15) is 65.6 Å². The molecule has 2 heterocycles. The quantitative estimate of drug-likeness (QED) is 0.234. The molecular formula is C37H38N2O3. The van der Waals surface area contributed by atoms with Gasteiger partial charge in [0.15, 0.2) is 0 Å². The minimum absolute atomic E-state index is 0.167. The summed E-state index contributed by atoms with van der Waals surface area (Å²) in [5.74, 6) is 4.21. The van der Waals surface area contributed by atoms with Crippen molar-refractivity contribution in [2.75, 3.05) is 11.1 Å².